The summed E-state index contributed by atoms with van der Waals surface area (Å²) in [6.07, 6.45) is 5.24. The monoisotopic (exact) mass is 514 g/mol. The molecule has 2 aromatic heterocycles. The molecule has 192 valence electrons. The SMILES string of the molecule is O=C(CN1CCOCC1)Nc1cc(-c2ccc(F)cc2F)cc(-n2cnc3cc(-n4cccn4)ccc32)c1. The summed E-state index contributed by atoms with van der Waals surface area (Å²) in [5, 5.41) is 7.21. The first-order chi connectivity index (χ1) is 18.5. The number of carbonyl (C=O) groups is 1. The second-order valence-electron chi connectivity index (χ2n) is 9.07. The van der Waals surface area contributed by atoms with Crippen LogP contribution in [0, 0.1) is 11.6 Å². The number of carbonyl (C=O) groups excluding carboxylic acids is 1. The van der Waals surface area contributed by atoms with E-state index in [1.165, 1.54) is 12.1 Å². The fourth-order valence-corrected chi connectivity index (χ4v) is 4.64. The highest BCUT2D eigenvalue weighted by atomic mass is 19.1. The zero-order valence-corrected chi connectivity index (χ0v) is 20.3. The van der Waals surface area contributed by atoms with Crippen molar-refractivity contribution in [2.45, 2.75) is 0 Å². The van der Waals surface area contributed by atoms with E-state index in [0.717, 1.165) is 22.8 Å². The van der Waals surface area contributed by atoms with E-state index in [-0.39, 0.29) is 18.0 Å². The minimum atomic E-state index is -0.688. The molecule has 1 fully saturated rings. The summed E-state index contributed by atoms with van der Waals surface area (Å²) in [5.41, 5.74) is 4.32. The summed E-state index contributed by atoms with van der Waals surface area (Å²) in [6, 6.07) is 16.4. The third kappa shape index (κ3) is 4.91. The van der Waals surface area contributed by atoms with Crippen LogP contribution in [-0.4, -0.2) is 63.0 Å². The van der Waals surface area contributed by atoms with Crippen LogP contribution in [-0.2, 0) is 9.53 Å². The maximum Gasteiger partial charge on any atom is 0.238 e. The number of nitrogens with one attached hydrogen (secondary N) is 1. The van der Waals surface area contributed by atoms with Crippen LogP contribution in [0.15, 0.2) is 79.4 Å². The highest BCUT2D eigenvalue weighted by Crippen LogP contribution is 2.31. The molecule has 1 saturated heterocycles. The van der Waals surface area contributed by atoms with E-state index in [0.29, 0.717) is 43.2 Å². The van der Waals surface area contributed by atoms with Gasteiger partial charge >= 0.3 is 0 Å². The first kappa shape index (κ1) is 24.0. The first-order valence-corrected chi connectivity index (χ1v) is 12.2. The summed E-state index contributed by atoms with van der Waals surface area (Å²) >= 11 is 0. The van der Waals surface area contributed by atoms with Gasteiger partial charge in [-0.1, -0.05) is 0 Å². The van der Waals surface area contributed by atoms with Crippen LogP contribution in [0.1, 0.15) is 0 Å². The zero-order chi connectivity index (χ0) is 26.1. The van der Waals surface area contributed by atoms with Gasteiger partial charge in [0, 0.05) is 48.5 Å². The van der Waals surface area contributed by atoms with E-state index >= 15 is 0 Å². The smallest absolute Gasteiger partial charge is 0.238 e. The number of halogens is 2. The molecule has 10 heteroatoms. The van der Waals surface area contributed by atoms with Gasteiger partial charge in [-0.15, -0.1) is 0 Å². The second kappa shape index (κ2) is 10.2. The van der Waals surface area contributed by atoms with Crippen molar-refractivity contribution in [1.82, 2.24) is 24.2 Å². The van der Waals surface area contributed by atoms with Crippen LogP contribution in [0.4, 0.5) is 14.5 Å². The molecule has 1 aliphatic heterocycles. The largest absolute Gasteiger partial charge is 0.379 e. The molecule has 1 amide bonds. The molecule has 6 rings (SSSR count). The van der Waals surface area contributed by atoms with E-state index in [9.17, 15) is 13.6 Å². The van der Waals surface area contributed by atoms with Gasteiger partial charge in [-0.2, -0.15) is 5.10 Å². The predicted octanol–water partition coefficient (Wildman–Crippen LogP) is 4.43. The lowest BCUT2D eigenvalue weighted by atomic mass is 10.0. The Bertz CT molecular complexity index is 1610. The number of benzene rings is 3. The van der Waals surface area contributed by atoms with Crippen molar-refractivity contribution in [3.05, 3.63) is 91.0 Å². The third-order valence-electron chi connectivity index (χ3n) is 6.49. The maximum absolute atomic E-state index is 14.8. The van der Waals surface area contributed by atoms with Crippen molar-refractivity contribution in [3.63, 3.8) is 0 Å². The van der Waals surface area contributed by atoms with Crippen LogP contribution in [0.5, 0.6) is 0 Å². The van der Waals surface area contributed by atoms with Crippen LogP contribution in [0.25, 0.3) is 33.5 Å². The van der Waals surface area contributed by atoms with Crippen molar-refractivity contribution in [2.75, 3.05) is 38.2 Å². The first-order valence-electron chi connectivity index (χ1n) is 12.2. The zero-order valence-electron chi connectivity index (χ0n) is 20.3. The third-order valence-corrected chi connectivity index (χ3v) is 6.49. The van der Waals surface area contributed by atoms with Crippen molar-refractivity contribution in [2.24, 2.45) is 0 Å². The fraction of sp³-hybridized carbons (Fsp3) is 0.179. The molecule has 38 heavy (non-hydrogen) atoms. The Hall–Kier alpha value is -4.41. The molecule has 1 aliphatic rings. The molecule has 0 unspecified atom stereocenters. The molecule has 3 aromatic carbocycles. The Labute approximate surface area is 217 Å². The van der Waals surface area contributed by atoms with Crippen LogP contribution in [0.3, 0.4) is 0 Å². The number of amides is 1. The number of hydrogen-bond donors (Lipinski definition) is 1. The number of hydrogen-bond acceptors (Lipinski definition) is 5. The van der Waals surface area contributed by atoms with Crippen LogP contribution >= 0.6 is 0 Å². The fourth-order valence-electron chi connectivity index (χ4n) is 4.64. The number of imidazole rings is 1. The molecular weight excluding hydrogens is 490 g/mol. The lowest BCUT2D eigenvalue weighted by Gasteiger charge is -2.25. The molecule has 3 heterocycles. The Kier molecular flexibility index (Phi) is 6.40. The van der Waals surface area contributed by atoms with Gasteiger partial charge < -0.3 is 10.1 Å². The molecule has 1 N–H and O–H groups in total. The average Bonchev–Trinajstić information content (AvgIpc) is 3.59. The highest BCUT2D eigenvalue weighted by Gasteiger charge is 2.17. The van der Waals surface area contributed by atoms with Gasteiger partial charge in [-0.25, -0.2) is 18.4 Å². The van der Waals surface area contributed by atoms with E-state index in [4.69, 9.17) is 4.74 Å². The van der Waals surface area contributed by atoms with Gasteiger partial charge in [-0.3, -0.25) is 14.3 Å². The molecule has 5 aromatic rings. The molecular formula is C28H24F2N6O2. The quantitative estimate of drug-likeness (QED) is 0.363. The summed E-state index contributed by atoms with van der Waals surface area (Å²) in [7, 11) is 0. The number of morpholine rings is 1. The standard InChI is InChI=1S/C28H24F2N6O2/c29-20-2-4-24(25(30)14-20)19-12-21(33-28(37)17-34-8-10-38-11-9-34)15-23(13-19)35-18-31-26-16-22(3-5-27(26)35)36-7-1-6-32-36/h1-7,12-16,18H,8-11,17H2,(H,33,37). The molecule has 0 atom stereocenters. The number of nitrogens with zero attached hydrogens (tertiary/aromatic N) is 5. The molecule has 0 saturated carbocycles. The molecule has 0 aliphatic carbocycles. The highest BCUT2D eigenvalue weighted by molar-refractivity contribution is 5.93. The average molecular weight is 515 g/mol. The topological polar surface area (TPSA) is 77.2 Å². The molecule has 0 radical (unpaired) electrons. The number of anilines is 1. The second-order valence-corrected chi connectivity index (χ2v) is 9.07. The van der Waals surface area contributed by atoms with Gasteiger partial charge in [0.15, 0.2) is 0 Å². The van der Waals surface area contributed by atoms with Gasteiger partial charge in [0.25, 0.3) is 0 Å². The van der Waals surface area contributed by atoms with E-state index in [2.05, 4.69) is 15.4 Å². The minimum absolute atomic E-state index is 0.186. The Morgan fingerprint density at radius 2 is 1.87 bits per heavy atom. The molecule has 0 bridgehead atoms. The van der Waals surface area contributed by atoms with Crippen molar-refractivity contribution < 1.29 is 18.3 Å². The van der Waals surface area contributed by atoms with Crippen molar-refractivity contribution in [1.29, 1.82) is 0 Å². The number of fused-ring (bicyclic) bond motifs is 1. The minimum Gasteiger partial charge on any atom is -0.379 e. The van der Waals surface area contributed by atoms with Gasteiger partial charge in [0.1, 0.15) is 18.0 Å². The Morgan fingerprint density at radius 1 is 1.00 bits per heavy atom. The summed E-state index contributed by atoms with van der Waals surface area (Å²) in [6.45, 7) is 2.76. The number of aromatic nitrogens is 4. The van der Waals surface area contributed by atoms with Gasteiger partial charge in [0.2, 0.25) is 5.91 Å². The summed E-state index contributed by atoms with van der Waals surface area (Å²) in [5.74, 6) is -1.53. The van der Waals surface area contributed by atoms with Crippen LogP contribution in [0.2, 0.25) is 0 Å². The number of ether oxygens (including phenoxy) is 1. The lowest BCUT2D eigenvalue weighted by molar-refractivity contribution is -0.118. The Balaban J connectivity index is 1.38. The summed E-state index contributed by atoms with van der Waals surface area (Å²) in [4.78, 5) is 19.4. The van der Waals surface area contributed by atoms with Crippen LogP contribution < -0.4 is 5.32 Å². The van der Waals surface area contributed by atoms with E-state index in [1.807, 2.05) is 46.0 Å². The normalized spacial score (nSPS) is 14.2. The number of rotatable bonds is 6. The van der Waals surface area contributed by atoms with E-state index < -0.39 is 11.6 Å². The van der Waals surface area contributed by atoms with Gasteiger partial charge in [-0.05, 0) is 60.2 Å². The Morgan fingerprint density at radius 3 is 2.66 bits per heavy atom. The molecule has 0 spiro atoms. The maximum atomic E-state index is 14.8. The van der Waals surface area contributed by atoms with Crippen molar-refractivity contribution in [3.8, 4) is 22.5 Å². The van der Waals surface area contributed by atoms with Crippen molar-refractivity contribution >= 4 is 22.6 Å². The van der Waals surface area contributed by atoms with E-state index in [1.54, 1.807) is 29.3 Å². The van der Waals surface area contributed by atoms with Gasteiger partial charge in [0.05, 0.1) is 36.5 Å². The predicted molar refractivity (Wildman–Crippen MR) is 139 cm³/mol. The molecule has 8 nitrogen and oxygen atoms in total. The lowest BCUT2D eigenvalue weighted by Crippen LogP contribution is -2.41. The summed E-state index contributed by atoms with van der Waals surface area (Å²) < 4.78 is 37.4.